The second-order valence-electron chi connectivity index (χ2n) is 8.51. The molecule has 1 N–H and O–H groups in total. The molecule has 0 saturated carbocycles. The molecule has 0 spiro atoms. The van der Waals surface area contributed by atoms with Crippen LogP contribution in [0.15, 0.2) is 33.9 Å². The minimum Gasteiger partial charge on any atom is -0.411 e. The minimum atomic E-state index is -0.446. The van der Waals surface area contributed by atoms with E-state index < -0.39 is 5.25 Å². The first-order valence-electron chi connectivity index (χ1n) is 9.84. The third-order valence-corrected chi connectivity index (χ3v) is 6.02. The number of hydrogen-bond donors (Lipinski definition) is 1. The van der Waals surface area contributed by atoms with Gasteiger partial charge in [0.15, 0.2) is 11.6 Å². The topological polar surface area (TPSA) is 88.9 Å². The van der Waals surface area contributed by atoms with Crippen LogP contribution in [0.3, 0.4) is 0 Å². The first kappa shape index (κ1) is 22.0. The van der Waals surface area contributed by atoms with Gasteiger partial charge in [-0.3, -0.25) is 9.59 Å². The van der Waals surface area contributed by atoms with Crippen LogP contribution in [0.5, 0.6) is 0 Å². The Morgan fingerprint density at radius 1 is 1.10 bits per heavy atom. The van der Waals surface area contributed by atoms with Crippen molar-refractivity contribution in [2.24, 2.45) is 0 Å². The number of nitrogens with zero attached hydrogens (tertiary/aromatic N) is 2. The SMILES string of the molecule is CC(=O)c1c(C)[nH]c(C(=O)C(C)Sc2nnc(-c3ccc(C(C)(C)C)cc3)o2)c1C. The predicted molar refractivity (Wildman–Crippen MR) is 118 cm³/mol. The Morgan fingerprint density at radius 2 is 1.73 bits per heavy atom. The quantitative estimate of drug-likeness (QED) is 0.412. The lowest BCUT2D eigenvalue weighted by Gasteiger charge is -2.18. The third-order valence-electron chi connectivity index (χ3n) is 5.09. The van der Waals surface area contributed by atoms with E-state index in [2.05, 4.69) is 48.1 Å². The number of rotatable bonds is 6. The average Bonchev–Trinajstić information content (AvgIpc) is 3.24. The van der Waals surface area contributed by atoms with Gasteiger partial charge in [-0.25, -0.2) is 0 Å². The molecular weight excluding hydrogens is 398 g/mol. The molecule has 30 heavy (non-hydrogen) atoms. The summed E-state index contributed by atoms with van der Waals surface area (Å²) in [6.07, 6.45) is 0. The van der Waals surface area contributed by atoms with E-state index >= 15 is 0 Å². The summed E-state index contributed by atoms with van der Waals surface area (Å²) in [5.74, 6) is 0.255. The molecule has 0 aliphatic heterocycles. The smallest absolute Gasteiger partial charge is 0.277 e. The number of ketones is 2. The fraction of sp³-hybridized carbons (Fsp3) is 0.391. The fourth-order valence-electron chi connectivity index (χ4n) is 3.42. The number of aromatic amines is 1. The zero-order chi connectivity index (χ0) is 22.2. The van der Waals surface area contributed by atoms with E-state index in [1.165, 1.54) is 24.2 Å². The lowest BCUT2D eigenvalue weighted by Crippen LogP contribution is -2.15. The lowest BCUT2D eigenvalue weighted by atomic mass is 9.87. The summed E-state index contributed by atoms with van der Waals surface area (Å²) in [7, 11) is 0. The van der Waals surface area contributed by atoms with Crippen LogP contribution in [-0.2, 0) is 5.41 Å². The van der Waals surface area contributed by atoms with Crippen LogP contribution < -0.4 is 0 Å². The maximum absolute atomic E-state index is 12.9. The average molecular weight is 426 g/mol. The number of aryl methyl sites for hydroxylation is 1. The first-order chi connectivity index (χ1) is 14.0. The van der Waals surface area contributed by atoms with Crippen molar-refractivity contribution in [2.75, 3.05) is 0 Å². The number of aromatic nitrogens is 3. The zero-order valence-corrected chi connectivity index (χ0v) is 19.2. The van der Waals surface area contributed by atoms with Crippen molar-refractivity contribution in [3.63, 3.8) is 0 Å². The van der Waals surface area contributed by atoms with Crippen molar-refractivity contribution in [3.05, 3.63) is 52.3 Å². The maximum atomic E-state index is 12.9. The highest BCUT2D eigenvalue weighted by molar-refractivity contribution is 8.00. The second kappa shape index (κ2) is 8.22. The molecule has 1 aromatic carbocycles. The molecular formula is C23H27N3O3S. The maximum Gasteiger partial charge on any atom is 0.277 e. The van der Waals surface area contributed by atoms with Crippen LogP contribution in [0, 0.1) is 13.8 Å². The van der Waals surface area contributed by atoms with Gasteiger partial charge in [-0.15, -0.1) is 10.2 Å². The van der Waals surface area contributed by atoms with E-state index in [1.54, 1.807) is 20.8 Å². The van der Waals surface area contributed by atoms with Gasteiger partial charge in [-0.2, -0.15) is 0 Å². The summed E-state index contributed by atoms with van der Waals surface area (Å²) in [4.78, 5) is 27.8. The first-order valence-corrected chi connectivity index (χ1v) is 10.7. The van der Waals surface area contributed by atoms with Gasteiger partial charge >= 0.3 is 0 Å². The van der Waals surface area contributed by atoms with Gasteiger partial charge in [0.25, 0.3) is 5.22 Å². The van der Waals surface area contributed by atoms with E-state index in [1.807, 2.05) is 12.1 Å². The van der Waals surface area contributed by atoms with E-state index in [9.17, 15) is 9.59 Å². The van der Waals surface area contributed by atoms with Crippen molar-refractivity contribution in [3.8, 4) is 11.5 Å². The van der Waals surface area contributed by atoms with Crippen LogP contribution in [0.25, 0.3) is 11.5 Å². The Bertz CT molecular complexity index is 1090. The number of H-pyrrole nitrogens is 1. The molecule has 158 valence electrons. The Balaban J connectivity index is 1.75. The fourth-order valence-corrected chi connectivity index (χ4v) is 4.16. The monoisotopic (exact) mass is 425 g/mol. The van der Waals surface area contributed by atoms with Gasteiger partial charge in [0.05, 0.1) is 10.9 Å². The van der Waals surface area contributed by atoms with Crippen LogP contribution in [0.2, 0.25) is 0 Å². The zero-order valence-electron chi connectivity index (χ0n) is 18.4. The number of nitrogens with one attached hydrogen (secondary N) is 1. The Hall–Kier alpha value is -2.67. The number of hydrogen-bond acceptors (Lipinski definition) is 6. The highest BCUT2D eigenvalue weighted by atomic mass is 32.2. The molecule has 6 nitrogen and oxygen atoms in total. The lowest BCUT2D eigenvalue weighted by molar-refractivity contribution is 0.0988. The second-order valence-corrected chi connectivity index (χ2v) is 9.80. The van der Waals surface area contributed by atoms with Gasteiger partial charge in [0, 0.05) is 16.8 Å². The molecule has 0 saturated heterocycles. The standard InChI is InChI=1S/C23H27N3O3S/c1-12-18(14(3)27)13(2)24-19(12)20(28)15(4)30-22-26-25-21(29-22)16-8-10-17(11-9-16)23(5,6)7/h8-11,15,24H,1-7H3. The van der Waals surface area contributed by atoms with Gasteiger partial charge in [0.2, 0.25) is 5.89 Å². The van der Waals surface area contributed by atoms with Crippen LogP contribution in [0.1, 0.15) is 72.3 Å². The van der Waals surface area contributed by atoms with E-state index in [-0.39, 0.29) is 17.0 Å². The Labute approximate surface area is 180 Å². The van der Waals surface area contributed by atoms with E-state index in [0.29, 0.717) is 33.6 Å². The van der Waals surface area contributed by atoms with E-state index in [4.69, 9.17) is 4.42 Å². The highest BCUT2D eigenvalue weighted by Crippen LogP contribution is 2.30. The largest absolute Gasteiger partial charge is 0.411 e. The van der Waals surface area contributed by atoms with Crippen LogP contribution >= 0.6 is 11.8 Å². The van der Waals surface area contributed by atoms with Crippen molar-refractivity contribution < 1.29 is 14.0 Å². The molecule has 1 atom stereocenters. The molecule has 3 rings (SSSR count). The molecule has 0 fully saturated rings. The number of carbonyl (C=O) groups is 2. The highest BCUT2D eigenvalue weighted by Gasteiger charge is 2.26. The molecule has 0 radical (unpaired) electrons. The number of thioether (sulfide) groups is 1. The number of Topliss-reactive ketones (excluding diaryl/α,β-unsaturated/α-hetero) is 2. The van der Waals surface area contributed by atoms with Gasteiger partial charge in [-0.1, -0.05) is 44.7 Å². The van der Waals surface area contributed by atoms with Crippen molar-refractivity contribution in [1.82, 2.24) is 15.2 Å². The van der Waals surface area contributed by atoms with Gasteiger partial charge < -0.3 is 9.40 Å². The molecule has 2 aromatic heterocycles. The molecule has 2 heterocycles. The summed E-state index contributed by atoms with van der Waals surface area (Å²) in [6, 6.07) is 8.04. The van der Waals surface area contributed by atoms with Crippen molar-refractivity contribution in [2.45, 2.75) is 64.4 Å². The Morgan fingerprint density at radius 3 is 2.27 bits per heavy atom. The predicted octanol–water partition coefficient (Wildman–Crippen LogP) is 5.55. The summed E-state index contributed by atoms with van der Waals surface area (Å²) in [5, 5.41) is 8.09. The molecule has 3 aromatic rings. The summed E-state index contributed by atoms with van der Waals surface area (Å²) in [5.41, 5.74) is 4.55. The van der Waals surface area contributed by atoms with E-state index in [0.717, 1.165) is 5.56 Å². The Kier molecular flexibility index (Phi) is 6.04. The summed E-state index contributed by atoms with van der Waals surface area (Å²) >= 11 is 1.21. The van der Waals surface area contributed by atoms with Crippen molar-refractivity contribution in [1.29, 1.82) is 0 Å². The summed E-state index contributed by atoms with van der Waals surface area (Å²) in [6.45, 7) is 13.4. The number of benzene rings is 1. The summed E-state index contributed by atoms with van der Waals surface area (Å²) < 4.78 is 5.77. The normalized spacial score (nSPS) is 12.8. The van der Waals surface area contributed by atoms with Crippen LogP contribution in [-0.4, -0.2) is 32.0 Å². The van der Waals surface area contributed by atoms with Gasteiger partial charge in [0.1, 0.15) is 0 Å². The molecule has 0 aliphatic carbocycles. The number of carbonyl (C=O) groups excluding carboxylic acids is 2. The third kappa shape index (κ3) is 4.41. The van der Waals surface area contributed by atoms with Crippen LogP contribution in [0.4, 0.5) is 0 Å². The minimum absolute atomic E-state index is 0.0559. The molecule has 7 heteroatoms. The molecule has 1 unspecified atom stereocenters. The van der Waals surface area contributed by atoms with Gasteiger partial charge in [-0.05, 0) is 56.4 Å². The molecule has 0 aliphatic rings. The molecule has 0 amide bonds. The van der Waals surface area contributed by atoms with Crippen molar-refractivity contribution >= 4 is 23.3 Å². The molecule has 0 bridgehead atoms.